The molecular weight excluding hydrogens is 382 g/mol. The van der Waals surface area contributed by atoms with Gasteiger partial charge in [0, 0.05) is 36.2 Å². The zero-order valence-corrected chi connectivity index (χ0v) is 17.1. The Kier molecular flexibility index (Phi) is 4.56. The summed E-state index contributed by atoms with van der Waals surface area (Å²) in [7, 11) is 0. The normalized spacial score (nSPS) is 27.1. The molecule has 2 aromatic heterocycles. The van der Waals surface area contributed by atoms with Crippen LogP contribution >= 0.6 is 0 Å². The van der Waals surface area contributed by atoms with Gasteiger partial charge in [-0.1, -0.05) is 0 Å². The van der Waals surface area contributed by atoms with Crippen molar-refractivity contribution in [2.75, 3.05) is 5.32 Å². The maximum Gasteiger partial charge on any atom is 0.227 e. The number of pyridine rings is 1. The molecule has 7 heteroatoms. The summed E-state index contributed by atoms with van der Waals surface area (Å²) in [6.45, 7) is 1.43. The highest BCUT2D eigenvalue weighted by Gasteiger charge is 2.45. The number of carbonyl (C=O) groups excluding carboxylic acids is 2. The lowest BCUT2D eigenvalue weighted by Crippen LogP contribution is -2.28. The third-order valence-corrected chi connectivity index (χ3v) is 7.31. The molecule has 0 unspecified atom stereocenters. The number of ketones is 1. The molecule has 158 valence electrons. The number of carbonyl (C=O) groups is 2. The van der Waals surface area contributed by atoms with Crippen LogP contribution in [0.25, 0.3) is 0 Å². The quantitative estimate of drug-likeness (QED) is 0.656. The van der Waals surface area contributed by atoms with Crippen LogP contribution in [0, 0.1) is 5.92 Å². The van der Waals surface area contributed by atoms with Gasteiger partial charge in [-0.15, -0.1) is 0 Å². The Morgan fingerprint density at radius 1 is 1.03 bits per heavy atom. The minimum Gasteiger partial charge on any atom is -0.494 e. The van der Waals surface area contributed by atoms with Crippen LogP contribution in [0.1, 0.15) is 91.4 Å². The van der Waals surface area contributed by atoms with Crippen molar-refractivity contribution in [2.45, 2.75) is 69.7 Å². The number of Topliss-reactive ketones (excluding diaryl/α,β-unsaturated/α-hetero) is 1. The average Bonchev–Trinajstić information content (AvgIpc) is 3.42. The molecule has 0 spiro atoms. The van der Waals surface area contributed by atoms with Crippen molar-refractivity contribution in [1.29, 1.82) is 0 Å². The highest BCUT2D eigenvalue weighted by molar-refractivity contribution is 6.02. The predicted octanol–water partition coefficient (Wildman–Crippen LogP) is 4.23. The van der Waals surface area contributed by atoms with E-state index in [2.05, 4.69) is 10.3 Å². The van der Waals surface area contributed by atoms with E-state index in [9.17, 15) is 19.8 Å². The van der Waals surface area contributed by atoms with Crippen LogP contribution in [0.5, 0.6) is 11.8 Å². The van der Waals surface area contributed by atoms with Gasteiger partial charge in [-0.05, 0) is 68.9 Å². The van der Waals surface area contributed by atoms with Crippen molar-refractivity contribution >= 4 is 17.4 Å². The molecule has 0 aliphatic heterocycles. The zero-order valence-electron chi connectivity index (χ0n) is 17.1. The van der Waals surface area contributed by atoms with Gasteiger partial charge >= 0.3 is 0 Å². The summed E-state index contributed by atoms with van der Waals surface area (Å²) in [4.78, 5) is 28.6. The van der Waals surface area contributed by atoms with Crippen LogP contribution in [0.2, 0.25) is 0 Å². The Morgan fingerprint density at radius 2 is 1.67 bits per heavy atom. The second-order valence-corrected chi connectivity index (χ2v) is 9.00. The molecule has 0 aromatic carbocycles. The Morgan fingerprint density at radius 3 is 2.27 bits per heavy atom. The summed E-state index contributed by atoms with van der Waals surface area (Å²) in [6.07, 6.45) is 7.55. The van der Waals surface area contributed by atoms with E-state index in [1.807, 2.05) is 0 Å². The van der Waals surface area contributed by atoms with Gasteiger partial charge in [-0.2, -0.15) is 0 Å². The van der Waals surface area contributed by atoms with Crippen molar-refractivity contribution in [3.8, 4) is 11.8 Å². The Labute approximate surface area is 175 Å². The second-order valence-electron chi connectivity index (χ2n) is 9.00. The minimum atomic E-state index is -0.185. The SMILES string of the molecule is CC(=O)c1ncccc1NC(=O)C1CCC(n2c(O)c3c(c2O)[C@H]2CC[C@@H]3C2)CC1. The van der Waals surface area contributed by atoms with E-state index in [0.717, 1.165) is 30.4 Å². The molecule has 3 aliphatic carbocycles. The molecule has 2 aromatic rings. The minimum absolute atomic E-state index is 0.00484. The topological polar surface area (TPSA) is 104 Å². The average molecular weight is 409 g/mol. The molecule has 7 nitrogen and oxygen atoms in total. The standard InChI is InChI=1S/C23H27N3O4/c1-12(27)20-17(3-2-10-24-20)25-21(28)13-6-8-16(9-7-13)26-22(29)18-14-4-5-15(11-14)19(18)23(26)30/h2-3,10,13-16,29-30H,4-9,11H2,1H3,(H,25,28)/t13?,14-,15+,16?. The number of fused-ring (bicyclic) bond motifs is 5. The van der Waals surface area contributed by atoms with Crippen molar-refractivity contribution in [2.24, 2.45) is 5.92 Å². The number of rotatable bonds is 4. The molecule has 5 rings (SSSR count). The van der Waals surface area contributed by atoms with Gasteiger partial charge in [0.1, 0.15) is 5.69 Å². The molecule has 3 N–H and O–H groups in total. The predicted molar refractivity (Wildman–Crippen MR) is 111 cm³/mol. The van der Waals surface area contributed by atoms with Gasteiger partial charge in [0.15, 0.2) is 17.5 Å². The third-order valence-electron chi connectivity index (χ3n) is 7.31. The summed E-state index contributed by atoms with van der Waals surface area (Å²) in [5.74, 6) is 0.793. The van der Waals surface area contributed by atoms with Gasteiger partial charge in [0.2, 0.25) is 5.91 Å². The van der Waals surface area contributed by atoms with Crippen LogP contribution < -0.4 is 5.32 Å². The summed E-state index contributed by atoms with van der Waals surface area (Å²) < 4.78 is 1.72. The molecule has 0 saturated heterocycles. The fraction of sp³-hybridized carbons (Fsp3) is 0.522. The molecule has 2 atom stereocenters. The van der Waals surface area contributed by atoms with Crippen molar-refractivity contribution in [3.05, 3.63) is 35.2 Å². The zero-order chi connectivity index (χ0) is 21.0. The number of aromatic nitrogens is 2. The number of nitrogens with one attached hydrogen (secondary N) is 1. The van der Waals surface area contributed by atoms with E-state index in [1.165, 1.54) is 13.1 Å². The van der Waals surface area contributed by atoms with E-state index in [4.69, 9.17) is 0 Å². The van der Waals surface area contributed by atoms with E-state index in [1.54, 1.807) is 16.7 Å². The monoisotopic (exact) mass is 409 g/mol. The molecule has 0 radical (unpaired) electrons. The first-order valence-corrected chi connectivity index (χ1v) is 10.9. The Hall–Kier alpha value is -2.83. The molecular formula is C23H27N3O4. The first kappa shape index (κ1) is 19.2. The summed E-state index contributed by atoms with van der Waals surface area (Å²) in [5, 5.41) is 24.5. The second kappa shape index (κ2) is 7.15. The maximum absolute atomic E-state index is 12.8. The molecule has 2 heterocycles. The highest BCUT2D eigenvalue weighted by Crippen LogP contribution is 2.61. The highest BCUT2D eigenvalue weighted by atomic mass is 16.3. The number of nitrogens with zero attached hydrogens (tertiary/aromatic N) is 2. The van der Waals surface area contributed by atoms with Gasteiger partial charge in [0.25, 0.3) is 0 Å². The first-order chi connectivity index (χ1) is 14.5. The number of hydrogen-bond acceptors (Lipinski definition) is 5. The largest absolute Gasteiger partial charge is 0.494 e. The van der Waals surface area contributed by atoms with Gasteiger partial charge in [0.05, 0.1) is 5.69 Å². The lowest BCUT2D eigenvalue weighted by Gasteiger charge is -2.30. The Bertz CT molecular complexity index is 986. The van der Waals surface area contributed by atoms with Crippen molar-refractivity contribution < 1.29 is 19.8 Å². The van der Waals surface area contributed by atoms with Crippen LogP contribution in [0.15, 0.2) is 18.3 Å². The van der Waals surface area contributed by atoms with Crippen LogP contribution in [-0.4, -0.2) is 31.5 Å². The number of aromatic hydroxyl groups is 2. The van der Waals surface area contributed by atoms with E-state index in [-0.39, 0.29) is 41.1 Å². The van der Waals surface area contributed by atoms with E-state index < -0.39 is 0 Å². The fourth-order valence-electron chi connectivity index (χ4n) is 5.88. The lowest BCUT2D eigenvalue weighted by atomic mass is 9.85. The van der Waals surface area contributed by atoms with E-state index >= 15 is 0 Å². The Balaban J connectivity index is 1.28. The van der Waals surface area contributed by atoms with Gasteiger partial charge in [-0.25, -0.2) is 0 Å². The number of anilines is 1. The molecule has 2 bridgehead atoms. The number of hydrogen-bond donors (Lipinski definition) is 3. The van der Waals surface area contributed by atoms with Gasteiger partial charge in [-0.3, -0.25) is 19.1 Å². The molecule has 2 saturated carbocycles. The first-order valence-electron chi connectivity index (χ1n) is 10.9. The van der Waals surface area contributed by atoms with Gasteiger partial charge < -0.3 is 15.5 Å². The maximum atomic E-state index is 12.8. The molecule has 30 heavy (non-hydrogen) atoms. The summed E-state index contributed by atoms with van der Waals surface area (Å²) >= 11 is 0. The van der Waals surface area contributed by atoms with Crippen molar-refractivity contribution in [3.63, 3.8) is 0 Å². The van der Waals surface area contributed by atoms with Crippen molar-refractivity contribution in [1.82, 2.24) is 9.55 Å². The van der Waals surface area contributed by atoms with Crippen LogP contribution in [0.4, 0.5) is 5.69 Å². The molecule has 2 fully saturated rings. The fourth-order valence-corrected chi connectivity index (χ4v) is 5.88. The summed E-state index contributed by atoms with van der Waals surface area (Å²) in [6, 6.07) is 3.40. The molecule has 1 amide bonds. The lowest BCUT2D eigenvalue weighted by molar-refractivity contribution is -0.121. The molecule has 3 aliphatic rings. The van der Waals surface area contributed by atoms with E-state index in [0.29, 0.717) is 43.2 Å². The smallest absolute Gasteiger partial charge is 0.227 e. The van der Waals surface area contributed by atoms with Crippen LogP contribution in [0.3, 0.4) is 0 Å². The van der Waals surface area contributed by atoms with Crippen LogP contribution in [-0.2, 0) is 4.79 Å². The third kappa shape index (κ3) is 2.90. The number of amides is 1. The summed E-state index contributed by atoms with van der Waals surface area (Å²) in [5.41, 5.74) is 2.66.